The molecule has 21 heavy (non-hydrogen) atoms. The Morgan fingerprint density at radius 1 is 1.33 bits per heavy atom. The number of hydrogen-bond acceptors (Lipinski definition) is 3. The van der Waals surface area contributed by atoms with Crippen LogP contribution in [0.1, 0.15) is 39.0 Å². The van der Waals surface area contributed by atoms with Gasteiger partial charge in [0.2, 0.25) is 0 Å². The Morgan fingerprint density at radius 2 is 2.05 bits per heavy atom. The van der Waals surface area contributed by atoms with Crippen molar-refractivity contribution in [1.29, 1.82) is 0 Å². The highest BCUT2D eigenvalue weighted by atomic mass is 32.1. The van der Waals surface area contributed by atoms with E-state index in [0.29, 0.717) is 10.9 Å². The SMILES string of the molecule is Cc1sc(C(=O)O)cc1CNC(C)CCc1ccccc1. The molecule has 1 aromatic heterocycles. The molecule has 2 aromatic rings. The minimum absolute atomic E-state index is 0.401. The van der Waals surface area contributed by atoms with E-state index in [2.05, 4.69) is 36.5 Å². The fourth-order valence-electron chi connectivity index (χ4n) is 2.21. The van der Waals surface area contributed by atoms with Gasteiger partial charge < -0.3 is 10.4 Å². The van der Waals surface area contributed by atoms with Crippen LogP contribution in [0.25, 0.3) is 0 Å². The van der Waals surface area contributed by atoms with Crippen molar-refractivity contribution in [2.75, 3.05) is 0 Å². The first-order valence-electron chi connectivity index (χ1n) is 7.16. The number of nitrogens with one attached hydrogen (secondary N) is 1. The molecule has 1 unspecified atom stereocenters. The molecular weight excluding hydrogens is 282 g/mol. The zero-order valence-corrected chi connectivity index (χ0v) is 13.2. The number of benzene rings is 1. The van der Waals surface area contributed by atoms with Gasteiger partial charge in [-0.05, 0) is 43.9 Å². The largest absolute Gasteiger partial charge is 0.477 e. The number of rotatable bonds is 7. The van der Waals surface area contributed by atoms with Gasteiger partial charge in [0.1, 0.15) is 4.88 Å². The summed E-state index contributed by atoms with van der Waals surface area (Å²) in [5.41, 5.74) is 2.44. The summed E-state index contributed by atoms with van der Waals surface area (Å²) in [7, 11) is 0. The van der Waals surface area contributed by atoms with Gasteiger partial charge in [0.15, 0.2) is 0 Å². The van der Waals surface area contributed by atoms with Crippen LogP contribution in [0.15, 0.2) is 36.4 Å². The van der Waals surface area contributed by atoms with Gasteiger partial charge in [0.25, 0.3) is 0 Å². The van der Waals surface area contributed by atoms with Crippen molar-refractivity contribution < 1.29 is 9.90 Å². The summed E-state index contributed by atoms with van der Waals surface area (Å²) < 4.78 is 0. The first-order chi connectivity index (χ1) is 10.1. The maximum Gasteiger partial charge on any atom is 0.345 e. The highest BCUT2D eigenvalue weighted by molar-refractivity contribution is 7.14. The summed E-state index contributed by atoms with van der Waals surface area (Å²) in [4.78, 5) is 12.5. The van der Waals surface area contributed by atoms with Crippen molar-refractivity contribution in [2.45, 2.75) is 39.3 Å². The third-order valence-corrected chi connectivity index (χ3v) is 4.66. The summed E-state index contributed by atoms with van der Waals surface area (Å²) in [6.45, 7) is 4.87. The molecule has 0 bridgehead atoms. The van der Waals surface area contributed by atoms with E-state index in [-0.39, 0.29) is 0 Å². The lowest BCUT2D eigenvalue weighted by atomic mass is 10.1. The molecule has 0 aliphatic rings. The van der Waals surface area contributed by atoms with Gasteiger partial charge in [-0.3, -0.25) is 0 Å². The predicted octanol–water partition coefficient (Wildman–Crippen LogP) is 3.87. The number of aromatic carboxylic acids is 1. The maximum atomic E-state index is 11.0. The number of carboxylic acid groups (broad SMARTS) is 1. The van der Waals surface area contributed by atoms with E-state index in [1.54, 1.807) is 6.07 Å². The summed E-state index contributed by atoms with van der Waals surface area (Å²) in [6.07, 6.45) is 2.12. The van der Waals surface area contributed by atoms with Crippen LogP contribution in [0.5, 0.6) is 0 Å². The molecule has 0 saturated heterocycles. The predicted molar refractivity (Wildman–Crippen MR) is 87.1 cm³/mol. The van der Waals surface area contributed by atoms with Crippen LogP contribution < -0.4 is 5.32 Å². The standard InChI is InChI=1S/C17H21NO2S/c1-12(8-9-14-6-4-3-5-7-14)18-11-15-10-16(17(19)20)21-13(15)2/h3-7,10,12,18H,8-9,11H2,1-2H3,(H,19,20). The van der Waals surface area contributed by atoms with E-state index in [1.807, 2.05) is 13.0 Å². The summed E-state index contributed by atoms with van der Waals surface area (Å²) in [5.74, 6) is -0.841. The number of aryl methyl sites for hydroxylation is 2. The molecule has 3 nitrogen and oxygen atoms in total. The molecule has 112 valence electrons. The van der Waals surface area contributed by atoms with E-state index in [9.17, 15) is 4.79 Å². The molecule has 1 aromatic carbocycles. The third kappa shape index (κ3) is 4.69. The first kappa shape index (κ1) is 15.7. The van der Waals surface area contributed by atoms with Crippen LogP contribution in [-0.4, -0.2) is 17.1 Å². The van der Waals surface area contributed by atoms with Crippen LogP contribution in [0.2, 0.25) is 0 Å². The number of thiophene rings is 1. The van der Waals surface area contributed by atoms with E-state index < -0.39 is 5.97 Å². The van der Waals surface area contributed by atoms with Crippen LogP contribution in [-0.2, 0) is 13.0 Å². The molecule has 1 heterocycles. The quantitative estimate of drug-likeness (QED) is 0.816. The van der Waals surface area contributed by atoms with Crippen LogP contribution >= 0.6 is 11.3 Å². The van der Waals surface area contributed by atoms with E-state index in [1.165, 1.54) is 16.9 Å². The number of carboxylic acids is 1. The second-order valence-corrected chi connectivity index (χ2v) is 6.56. The molecule has 0 fully saturated rings. The van der Waals surface area contributed by atoms with Crippen molar-refractivity contribution in [1.82, 2.24) is 5.32 Å². The van der Waals surface area contributed by atoms with Crippen LogP contribution in [0.3, 0.4) is 0 Å². The van der Waals surface area contributed by atoms with Crippen molar-refractivity contribution in [2.24, 2.45) is 0 Å². The second-order valence-electron chi connectivity index (χ2n) is 5.30. The summed E-state index contributed by atoms with van der Waals surface area (Å²) >= 11 is 1.34. The minimum Gasteiger partial charge on any atom is -0.477 e. The average molecular weight is 303 g/mol. The van der Waals surface area contributed by atoms with Crippen LogP contribution in [0.4, 0.5) is 0 Å². The first-order valence-corrected chi connectivity index (χ1v) is 7.98. The van der Waals surface area contributed by atoms with Gasteiger partial charge in [-0.1, -0.05) is 30.3 Å². The molecule has 4 heteroatoms. The van der Waals surface area contributed by atoms with E-state index in [0.717, 1.165) is 29.8 Å². The minimum atomic E-state index is -0.841. The van der Waals surface area contributed by atoms with Crippen molar-refractivity contribution in [3.05, 3.63) is 57.3 Å². The normalized spacial score (nSPS) is 12.3. The molecule has 1 atom stereocenters. The molecule has 2 N–H and O–H groups in total. The van der Waals surface area contributed by atoms with Gasteiger partial charge >= 0.3 is 5.97 Å². The Balaban J connectivity index is 1.81. The molecule has 2 rings (SSSR count). The Morgan fingerprint density at radius 3 is 2.67 bits per heavy atom. The smallest absolute Gasteiger partial charge is 0.345 e. The molecule has 0 aliphatic heterocycles. The summed E-state index contributed by atoms with van der Waals surface area (Å²) in [6, 6.07) is 12.6. The Bertz CT molecular complexity index is 592. The highest BCUT2D eigenvalue weighted by Gasteiger charge is 2.11. The Hall–Kier alpha value is -1.65. The third-order valence-electron chi connectivity index (χ3n) is 3.58. The van der Waals surface area contributed by atoms with Crippen molar-refractivity contribution in [3.8, 4) is 0 Å². The van der Waals surface area contributed by atoms with Gasteiger partial charge in [-0.25, -0.2) is 4.79 Å². The van der Waals surface area contributed by atoms with Gasteiger partial charge in [0, 0.05) is 17.5 Å². The van der Waals surface area contributed by atoms with Gasteiger partial charge in [-0.15, -0.1) is 11.3 Å². The molecule has 0 saturated carbocycles. The maximum absolute atomic E-state index is 11.0. The number of hydrogen-bond donors (Lipinski definition) is 2. The topological polar surface area (TPSA) is 49.3 Å². The highest BCUT2D eigenvalue weighted by Crippen LogP contribution is 2.21. The zero-order chi connectivity index (χ0) is 15.2. The fraction of sp³-hybridized carbons (Fsp3) is 0.353. The lowest BCUT2D eigenvalue weighted by Gasteiger charge is -2.13. The zero-order valence-electron chi connectivity index (χ0n) is 12.4. The van der Waals surface area contributed by atoms with Crippen molar-refractivity contribution in [3.63, 3.8) is 0 Å². The summed E-state index contributed by atoms with van der Waals surface area (Å²) in [5, 5.41) is 12.5. The lowest BCUT2D eigenvalue weighted by molar-refractivity contribution is 0.0702. The molecular formula is C17H21NO2S. The van der Waals surface area contributed by atoms with Gasteiger partial charge in [0.05, 0.1) is 0 Å². The fourth-order valence-corrected chi connectivity index (χ4v) is 3.10. The monoisotopic (exact) mass is 303 g/mol. The molecule has 0 spiro atoms. The second kappa shape index (κ2) is 7.38. The lowest BCUT2D eigenvalue weighted by Crippen LogP contribution is -2.26. The molecule has 0 aliphatic carbocycles. The van der Waals surface area contributed by atoms with Crippen molar-refractivity contribution >= 4 is 17.3 Å². The average Bonchev–Trinajstić information content (AvgIpc) is 2.85. The molecule has 0 amide bonds. The van der Waals surface area contributed by atoms with Gasteiger partial charge in [-0.2, -0.15) is 0 Å². The van der Waals surface area contributed by atoms with E-state index >= 15 is 0 Å². The van der Waals surface area contributed by atoms with E-state index in [4.69, 9.17) is 5.11 Å². The van der Waals surface area contributed by atoms with Crippen LogP contribution in [0, 0.1) is 6.92 Å². The Kier molecular flexibility index (Phi) is 5.53. The molecule has 0 radical (unpaired) electrons. The number of carbonyl (C=O) groups is 1. The Labute approximate surface area is 129 Å².